The third kappa shape index (κ3) is 2.30. The van der Waals surface area contributed by atoms with Crippen LogP contribution in [0.25, 0.3) is 22.4 Å². The van der Waals surface area contributed by atoms with Gasteiger partial charge in [-0.3, -0.25) is 0 Å². The number of fused-ring (bicyclic) bond motifs is 1. The monoisotopic (exact) mass is 285 g/mol. The molecule has 0 saturated heterocycles. The zero-order valence-corrected chi connectivity index (χ0v) is 12.1. The van der Waals surface area contributed by atoms with Gasteiger partial charge >= 0.3 is 0 Å². The van der Waals surface area contributed by atoms with E-state index in [0.717, 1.165) is 28.8 Å². The van der Waals surface area contributed by atoms with Crippen LogP contribution in [0.15, 0.2) is 42.5 Å². The Balaban J connectivity index is 2.14. The lowest BCUT2D eigenvalue weighted by atomic mass is 10.1. The summed E-state index contributed by atoms with van der Waals surface area (Å²) < 4.78 is 2.09. The lowest BCUT2D eigenvalue weighted by Crippen LogP contribution is -2.02. The van der Waals surface area contributed by atoms with Crippen molar-refractivity contribution in [3.63, 3.8) is 0 Å². The summed E-state index contributed by atoms with van der Waals surface area (Å²) in [5, 5.41) is 0.707. The summed E-state index contributed by atoms with van der Waals surface area (Å²) >= 11 is 6.03. The van der Waals surface area contributed by atoms with E-state index in [-0.39, 0.29) is 0 Å². The number of benzene rings is 2. The quantitative estimate of drug-likeness (QED) is 0.801. The number of imidazole rings is 1. The van der Waals surface area contributed by atoms with Crippen LogP contribution >= 0.6 is 11.6 Å². The molecule has 4 heteroatoms. The van der Waals surface area contributed by atoms with Crippen LogP contribution in [0.1, 0.15) is 5.56 Å². The molecule has 0 amide bonds. The third-order valence-electron chi connectivity index (χ3n) is 3.46. The lowest BCUT2D eigenvalue weighted by molar-refractivity contribution is 0.951. The van der Waals surface area contributed by atoms with Gasteiger partial charge < -0.3 is 10.3 Å². The van der Waals surface area contributed by atoms with Crippen molar-refractivity contribution < 1.29 is 0 Å². The van der Waals surface area contributed by atoms with E-state index in [4.69, 9.17) is 22.3 Å². The molecule has 102 valence electrons. The number of nitrogens with two attached hydrogens (primary N) is 1. The Hall–Kier alpha value is -1.84. The Bertz CT molecular complexity index is 762. The zero-order valence-electron chi connectivity index (χ0n) is 11.3. The number of rotatable bonds is 3. The van der Waals surface area contributed by atoms with Crippen LogP contribution in [0.3, 0.4) is 0 Å². The molecule has 3 aromatic rings. The maximum Gasteiger partial charge on any atom is 0.140 e. The van der Waals surface area contributed by atoms with Crippen LogP contribution in [0.2, 0.25) is 5.02 Å². The van der Waals surface area contributed by atoms with Gasteiger partial charge in [0.25, 0.3) is 0 Å². The van der Waals surface area contributed by atoms with Crippen LogP contribution < -0.4 is 5.73 Å². The highest BCUT2D eigenvalue weighted by Gasteiger charge is 2.10. The molecular weight excluding hydrogens is 270 g/mol. The van der Waals surface area contributed by atoms with Crippen LogP contribution in [0.4, 0.5) is 0 Å². The van der Waals surface area contributed by atoms with Gasteiger partial charge in [0, 0.05) is 17.6 Å². The highest BCUT2D eigenvalue weighted by Crippen LogP contribution is 2.26. The topological polar surface area (TPSA) is 43.8 Å². The molecule has 2 aromatic carbocycles. The van der Waals surface area contributed by atoms with E-state index < -0.39 is 0 Å². The second-order valence-electron chi connectivity index (χ2n) is 4.87. The van der Waals surface area contributed by atoms with Gasteiger partial charge in [-0.25, -0.2) is 4.98 Å². The first-order valence-corrected chi connectivity index (χ1v) is 6.98. The largest absolute Gasteiger partial charge is 0.330 e. The van der Waals surface area contributed by atoms with Crippen molar-refractivity contribution in [2.75, 3.05) is 6.54 Å². The van der Waals surface area contributed by atoms with Gasteiger partial charge in [-0.05, 0) is 42.8 Å². The van der Waals surface area contributed by atoms with Gasteiger partial charge in [0.15, 0.2) is 0 Å². The van der Waals surface area contributed by atoms with Crippen molar-refractivity contribution in [1.29, 1.82) is 0 Å². The Kier molecular flexibility index (Phi) is 3.47. The molecule has 1 heterocycles. The van der Waals surface area contributed by atoms with Crippen molar-refractivity contribution in [2.24, 2.45) is 12.8 Å². The second-order valence-corrected chi connectivity index (χ2v) is 5.30. The second kappa shape index (κ2) is 5.27. The Morgan fingerprint density at radius 1 is 1.20 bits per heavy atom. The average Bonchev–Trinajstić information content (AvgIpc) is 2.76. The fraction of sp³-hybridized carbons (Fsp3) is 0.188. The molecule has 0 aliphatic rings. The molecule has 20 heavy (non-hydrogen) atoms. The summed E-state index contributed by atoms with van der Waals surface area (Å²) in [4.78, 5) is 4.69. The molecule has 0 aliphatic heterocycles. The van der Waals surface area contributed by atoms with Crippen LogP contribution in [-0.2, 0) is 13.5 Å². The molecule has 3 nitrogen and oxygen atoms in total. The molecule has 0 radical (unpaired) electrons. The predicted molar refractivity (Wildman–Crippen MR) is 83.9 cm³/mol. The Morgan fingerprint density at radius 3 is 2.85 bits per heavy atom. The highest BCUT2D eigenvalue weighted by molar-refractivity contribution is 6.31. The van der Waals surface area contributed by atoms with Crippen LogP contribution in [-0.4, -0.2) is 16.1 Å². The SMILES string of the molecule is Cn1c(-c2cccc(CCN)c2)nc2cc(Cl)ccc21. The molecular formula is C16H16ClN3. The molecule has 2 N–H and O–H groups in total. The van der Waals surface area contributed by atoms with E-state index in [1.165, 1.54) is 5.56 Å². The number of hydrogen-bond donors (Lipinski definition) is 1. The molecule has 0 spiro atoms. The first-order chi connectivity index (χ1) is 9.69. The lowest BCUT2D eigenvalue weighted by Gasteiger charge is -2.05. The Morgan fingerprint density at radius 2 is 2.05 bits per heavy atom. The van der Waals surface area contributed by atoms with Gasteiger partial charge in [-0.2, -0.15) is 0 Å². The maximum atomic E-state index is 6.03. The molecule has 0 atom stereocenters. The molecule has 0 unspecified atom stereocenters. The third-order valence-corrected chi connectivity index (χ3v) is 3.70. The summed E-state index contributed by atoms with van der Waals surface area (Å²) in [7, 11) is 2.02. The molecule has 0 bridgehead atoms. The van der Waals surface area contributed by atoms with E-state index in [1.807, 2.05) is 31.3 Å². The van der Waals surface area contributed by atoms with E-state index >= 15 is 0 Å². The number of hydrogen-bond acceptors (Lipinski definition) is 2. The minimum atomic E-state index is 0.654. The fourth-order valence-electron chi connectivity index (χ4n) is 2.46. The molecule has 0 saturated carbocycles. The summed E-state index contributed by atoms with van der Waals surface area (Å²) in [5.74, 6) is 0.945. The number of nitrogens with zero attached hydrogens (tertiary/aromatic N) is 2. The van der Waals surface area contributed by atoms with Gasteiger partial charge in [0.1, 0.15) is 5.82 Å². The van der Waals surface area contributed by atoms with Gasteiger partial charge in [-0.15, -0.1) is 0 Å². The fourth-order valence-corrected chi connectivity index (χ4v) is 2.63. The summed E-state index contributed by atoms with van der Waals surface area (Å²) in [6.45, 7) is 0.654. The molecule has 1 aromatic heterocycles. The number of aromatic nitrogens is 2. The Labute approximate surface area is 123 Å². The first kappa shape index (κ1) is 13.2. The van der Waals surface area contributed by atoms with Crippen molar-refractivity contribution >= 4 is 22.6 Å². The average molecular weight is 286 g/mol. The van der Waals surface area contributed by atoms with E-state index in [1.54, 1.807) is 0 Å². The summed E-state index contributed by atoms with van der Waals surface area (Å²) in [6, 6.07) is 14.1. The predicted octanol–water partition coefficient (Wildman–Crippen LogP) is 3.39. The standard InChI is InChI=1S/C16H16ClN3/c1-20-15-6-5-13(17)10-14(15)19-16(20)12-4-2-3-11(9-12)7-8-18/h2-6,9-10H,7-8,18H2,1H3. The highest BCUT2D eigenvalue weighted by atomic mass is 35.5. The maximum absolute atomic E-state index is 6.03. The van der Waals surface area contributed by atoms with Crippen molar-refractivity contribution in [3.8, 4) is 11.4 Å². The summed E-state index contributed by atoms with van der Waals surface area (Å²) in [5.41, 5.74) is 9.95. The minimum absolute atomic E-state index is 0.654. The van der Waals surface area contributed by atoms with E-state index in [2.05, 4.69) is 22.8 Å². The van der Waals surface area contributed by atoms with Gasteiger partial charge in [0.05, 0.1) is 11.0 Å². The molecule has 3 rings (SSSR count). The van der Waals surface area contributed by atoms with E-state index in [9.17, 15) is 0 Å². The number of halogens is 1. The van der Waals surface area contributed by atoms with Crippen molar-refractivity contribution in [3.05, 3.63) is 53.1 Å². The minimum Gasteiger partial charge on any atom is -0.330 e. The smallest absolute Gasteiger partial charge is 0.140 e. The zero-order chi connectivity index (χ0) is 14.1. The summed E-state index contributed by atoms with van der Waals surface area (Å²) in [6.07, 6.45) is 0.879. The van der Waals surface area contributed by atoms with Crippen LogP contribution in [0, 0.1) is 0 Å². The first-order valence-electron chi connectivity index (χ1n) is 6.60. The van der Waals surface area contributed by atoms with Crippen LogP contribution in [0.5, 0.6) is 0 Å². The molecule has 0 fully saturated rings. The normalized spacial score (nSPS) is 11.2. The van der Waals surface area contributed by atoms with Gasteiger partial charge in [-0.1, -0.05) is 29.8 Å². The van der Waals surface area contributed by atoms with Gasteiger partial charge in [0.2, 0.25) is 0 Å². The number of aryl methyl sites for hydroxylation is 1. The van der Waals surface area contributed by atoms with Crippen molar-refractivity contribution in [1.82, 2.24) is 9.55 Å². The van der Waals surface area contributed by atoms with E-state index in [0.29, 0.717) is 11.6 Å². The molecule has 0 aliphatic carbocycles. The van der Waals surface area contributed by atoms with Crippen molar-refractivity contribution in [2.45, 2.75) is 6.42 Å².